The van der Waals surface area contributed by atoms with Crippen molar-refractivity contribution in [2.24, 2.45) is 11.6 Å². The van der Waals surface area contributed by atoms with Crippen LogP contribution in [0.2, 0.25) is 0 Å². The van der Waals surface area contributed by atoms with Gasteiger partial charge in [-0.1, -0.05) is 19.1 Å². The molecule has 0 saturated heterocycles. The van der Waals surface area contributed by atoms with E-state index in [2.05, 4.69) is 15.6 Å². The fourth-order valence-corrected chi connectivity index (χ4v) is 3.25. The fourth-order valence-electron chi connectivity index (χ4n) is 3.25. The molecule has 1 aromatic heterocycles. The number of nitrogens with one attached hydrogen (secondary N) is 2. The Morgan fingerprint density at radius 1 is 1.27 bits per heavy atom. The number of halogens is 3. The van der Waals surface area contributed by atoms with Gasteiger partial charge in [0.1, 0.15) is 0 Å². The molecule has 0 fully saturated rings. The third-order valence-corrected chi connectivity index (χ3v) is 5.62. The summed E-state index contributed by atoms with van der Waals surface area (Å²) in [7, 11) is 0. The van der Waals surface area contributed by atoms with Crippen LogP contribution in [0.25, 0.3) is 5.70 Å². The molecule has 1 atom stereocenters. The molecule has 0 aliphatic rings. The zero-order chi connectivity index (χ0) is 27.6. The van der Waals surface area contributed by atoms with Crippen molar-refractivity contribution in [3.05, 3.63) is 83.4 Å². The summed E-state index contributed by atoms with van der Waals surface area (Å²) in [5.41, 5.74) is 7.34. The van der Waals surface area contributed by atoms with Crippen LogP contribution in [0, 0.1) is 0 Å². The number of nitrogens with zero attached hydrogens (tertiary/aromatic N) is 2. The SMILES string of the molecule is CC/C(=C\C=C(\C)C(C)N(N)/C=C(\N)c1cccnc1)C(=O)Nc1ccc(NCCO)c(C(F)(F)F)c1. The number of aliphatic hydroxyl groups is 1. The smallest absolute Gasteiger partial charge is 0.397 e. The number of benzene rings is 1. The number of aliphatic hydroxyl groups excluding tert-OH is 1. The fraction of sp³-hybridized carbons (Fsp3) is 0.308. The van der Waals surface area contributed by atoms with Gasteiger partial charge >= 0.3 is 6.18 Å². The molecule has 11 heteroatoms. The summed E-state index contributed by atoms with van der Waals surface area (Å²) in [6, 6.07) is 6.76. The highest BCUT2D eigenvalue weighted by molar-refractivity contribution is 6.04. The van der Waals surface area contributed by atoms with Gasteiger partial charge in [-0.05, 0) is 56.2 Å². The summed E-state index contributed by atoms with van der Waals surface area (Å²) in [6.07, 6.45) is 3.92. The van der Waals surface area contributed by atoms with E-state index < -0.39 is 17.6 Å². The van der Waals surface area contributed by atoms with E-state index in [1.807, 2.05) is 19.9 Å². The molecule has 1 unspecified atom stereocenters. The second kappa shape index (κ2) is 13.5. The Hall–Kier alpha value is -3.83. The maximum atomic E-state index is 13.5. The summed E-state index contributed by atoms with van der Waals surface area (Å²) in [5.74, 6) is 5.63. The Balaban J connectivity index is 2.17. The van der Waals surface area contributed by atoms with Crippen LogP contribution in [-0.2, 0) is 11.0 Å². The maximum Gasteiger partial charge on any atom is 0.418 e. The normalized spacial score (nSPS) is 13.8. The average Bonchev–Trinajstić information content (AvgIpc) is 2.87. The van der Waals surface area contributed by atoms with Crippen molar-refractivity contribution in [1.29, 1.82) is 0 Å². The topological polar surface area (TPSA) is 130 Å². The van der Waals surface area contributed by atoms with Crippen molar-refractivity contribution in [2.75, 3.05) is 23.8 Å². The Labute approximate surface area is 214 Å². The van der Waals surface area contributed by atoms with Gasteiger partial charge in [0.15, 0.2) is 0 Å². The van der Waals surface area contributed by atoms with Crippen LogP contribution < -0.4 is 22.2 Å². The maximum absolute atomic E-state index is 13.5. The molecule has 0 aliphatic heterocycles. The first kappa shape index (κ1) is 29.4. The van der Waals surface area contributed by atoms with E-state index in [1.165, 1.54) is 17.1 Å². The summed E-state index contributed by atoms with van der Waals surface area (Å²) in [5, 5.41) is 15.4. The van der Waals surface area contributed by atoms with Crippen molar-refractivity contribution in [1.82, 2.24) is 9.99 Å². The van der Waals surface area contributed by atoms with Crippen LogP contribution in [0.3, 0.4) is 0 Å². The number of rotatable bonds is 11. The highest BCUT2D eigenvalue weighted by atomic mass is 19.4. The number of hydrazine groups is 1. The summed E-state index contributed by atoms with van der Waals surface area (Å²) in [6.45, 7) is 5.13. The zero-order valence-corrected chi connectivity index (χ0v) is 21.0. The Bertz CT molecular complexity index is 1150. The summed E-state index contributed by atoms with van der Waals surface area (Å²) >= 11 is 0. The second-order valence-electron chi connectivity index (χ2n) is 8.27. The molecule has 0 aliphatic carbocycles. The lowest BCUT2D eigenvalue weighted by Gasteiger charge is -2.24. The van der Waals surface area contributed by atoms with Gasteiger partial charge in [0.05, 0.1) is 23.9 Å². The van der Waals surface area contributed by atoms with Crippen molar-refractivity contribution < 1.29 is 23.1 Å². The van der Waals surface area contributed by atoms with Crippen molar-refractivity contribution >= 4 is 23.0 Å². The van der Waals surface area contributed by atoms with E-state index >= 15 is 0 Å². The molecule has 1 aromatic carbocycles. The van der Waals surface area contributed by atoms with E-state index in [1.54, 1.807) is 43.7 Å². The highest BCUT2D eigenvalue weighted by Gasteiger charge is 2.34. The average molecular weight is 519 g/mol. The molecular formula is C26H33F3N6O2. The Morgan fingerprint density at radius 2 is 2.00 bits per heavy atom. The van der Waals surface area contributed by atoms with Crippen LogP contribution in [0.15, 0.2) is 72.2 Å². The number of hydrogen-bond donors (Lipinski definition) is 5. The molecule has 0 saturated carbocycles. The number of hydrogen-bond acceptors (Lipinski definition) is 7. The van der Waals surface area contributed by atoms with E-state index in [4.69, 9.17) is 16.7 Å². The predicted octanol–water partition coefficient (Wildman–Crippen LogP) is 4.25. The summed E-state index contributed by atoms with van der Waals surface area (Å²) in [4.78, 5) is 16.8. The predicted molar refractivity (Wildman–Crippen MR) is 140 cm³/mol. The largest absolute Gasteiger partial charge is 0.418 e. The van der Waals surface area contributed by atoms with Gasteiger partial charge in [-0.15, -0.1) is 0 Å². The van der Waals surface area contributed by atoms with Gasteiger partial charge in [-0.25, -0.2) is 5.84 Å². The molecule has 1 amide bonds. The van der Waals surface area contributed by atoms with Gasteiger partial charge in [0.2, 0.25) is 0 Å². The monoisotopic (exact) mass is 518 g/mol. The van der Waals surface area contributed by atoms with Crippen LogP contribution in [0.4, 0.5) is 24.5 Å². The molecule has 0 bridgehead atoms. The van der Waals surface area contributed by atoms with Gasteiger partial charge in [0, 0.05) is 47.6 Å². The van der Waals surface area contributed by atoms with Crippen LogP contribution in [-0.4, -0.2) is 40.2 Å². The number of pyridine rings is 1. The number of carbonyl (C=O) groups is 1. The minimum atomic E-state index is -4.64. The molecule has 200 valence electrons. The van der Waals surface area contributed by atoms with Gasteiger partial charge in [-0.3, -0.25) is 9.78 Å². The minimum Gasteiger partial charge on any atom is -0.397 e. The first-order chi connectivity index (χ1) is 17.5. The first-order valence-electron chi connectivity index (χ1n) is 11.6. The first-order valence-corrected chi connectivity index (χ1v) is 11.6. The molecule has 2 rings (SSSR count). The quantitative estimate of drug-likeness (QED) is 0.130. The van der Waals surface area contributed by atoms with E-state index in [0.717, 1.165) is 17.2 Å². The van der Waals surface area contributed by atoms with Crippen molar-refractivity contribution in [2.45, 2.75) is 39.4 Å². The molecule has 1 heterocycles. The lowest BCUT2D eigenvalue weighted by atomic mass is 10.1. The standard InChI is InChI=1S/C26H33F3N6O2/c1-4-19(8-7-17(2)18(3)35(31)16-23(30)20-6-5-11-32-15-20)25(37)34-21-9-10-24(33-12-13-36)22(14-21)26(27,28)29/h5-11,14-16,18,33,36H,4,12-13,30-31H2,1-3H3,(H,34,37)/b17-7-,19-8+,23-16-. The van der Waals surface area contributed by atoms with Gasteiger partial charge in [0.25, 0.3) is 5.91 Å². The summed E-state index contributed by atoms with van der Waals surface area (Å²) < 4.78 is 40.4. The van der Waals surface area contributed by atoms with E-state index in [0.29, 0.717) is 17.7 Å². The molecule has 2 aromatic rings. The minimum absolute atomic E-state index is 0.00411. The molecule has 7 N–H and O–H groups in total. The lowest BCUT2D eigenvalue weighted by molar-refractivity contribution is -0.137. The number of aromatic nitrogens is 1. The molecule has 0 radical (unpaired) electrons. The molecular weight excluding hydrogens is 485 g/mol. The van der Waals surface area contributed by atoms with Crippen LogP contribution in [0.5, 0.6) is 0 Å². The van der Waals surface area contributed by atoms with Gasteiger partial charge < -0.3 is 26.5 Å². The third kappa shape index (κ3) is 8.65. The zero-order valence-electron chi connectivity index (χ0n) is 21.0. The molecule has 37 heavy (non-hydrogen) atoms. The van der Waals surface area contributed by atoms with Crippen molar-refractivity contribution in [3.63, 3.8) is 0 Å². The van der Waals surface area contributed by atoms with Gasteiger partial charge in [-0.2, -0.15) is 13.2 Å². The molecule has 8 nitrogen and oxygen atoms in total. The number of alkyl halides is 3. The highest BCUT2D eigenvalue weighted by Crippen LogP contribution is 2.36. The number of nitrogens with two attached hydrogens (primary N) is 2. The Kier molecular flexibility index (Phi) is 10.7. The number of carbonyl (C=O) groups excluding carboxylic acids is 1. The van der Waals surface area contributed by atoms with Crippen molar-refractivity contribution in [3.8, 4) is 0 Å². The number of anilines is 2. The van der Waals surface area contributed by atoms with E-state index in [9.17, 15) is 18.0 Å². The lowest BCUT2D eigenvalue weighted by Crippen LogP contribution is -2.36. The number of allylic oxidation sites excluding steroid dienone is 2. The number of amides is 1. The van der Waals surface area contributed by atoms with Crippen LogP contribution in [0.1, 0.15) is 38.3 Å². The Morgan fingerprint density at radius 3 is 2.59 bits per heavy atom. The van der Waals surface area contributed by atoms with E-state index in [-0.39, 0.29) is 30.6 Å². The second-order valence-corrected chi connectivity index (χ2v) is 8.27. The van der Waals surface area contributed by atoms with Crippen LogP contribution >= 0.6 is 0 Å². The molecule has 0 spiro atoms. The third-order valence-electron chi connectivity index (χ3n) is 5.62.